The maximum Gasteiger partial charge on any atom is 0.419 e. The van der Waals surface area contributed by atoms with Gasteiger partial charge in [-0.3, -0.25) is 9.97 Å². The molecule has 4 aromatic rings. The minimum absolute atomic E-state index is 0.0805. The third kappa shape index (κ3) is 10.6. The van der Waals surface area contributed by atoms with Gasteiger partial charge in [0.1, 0.15) is 19.6 Å². The number of nitrogens with zero attached hydrogens (tertiary/aromatic N) is 4. The van der Waals surface area contributed by atoms with Crippen molar-refractivity contribution < 1.29 is 26.3 Å². The number of pyridine rings is 4. The number of alkyl halides is 6. The van der Waals surface area contributed by atoms with Gasteiger partial charge in [0.2, 0.25) is 0 Å². The van der Waals surface area contributed by atoms with E-state index in [1.165, 1.54) is 18.5 Å². The zero-order valence-corrected chi connectivity index (χ0v) is 23.0. The normalized spacial score (nSPS) is 10.9. The highest BCUT2D eigenvalue weighted by Gasteiger charge is 2.34. The molecular weight excluding hydrogens is 702 g/mol. The first-order valence-corrected chi connectivity index (χ1v) is 12.1. The van der Waals surface area contributed by atoms with Crippen molar-refractivity contribution >= 4 is 65.0 Å². The van der Waals surface area contributed by atoms with Crippen molar-refractivity contribution in [1.82, 2.24) is 19.9 Å². The van der Waals surface area contributed by atoms with E-state index in [1.54, 1.807) is 18.2 Å². The lowest BCUT2D eigenvalue weighted by atomic mass is 10.2. The molecule has 0 radical (unpaired) electrons. The summed E-state index contributed by atoms with van der Waals surface area (Å²) in [6, 6.07) is 13.0. The number of hydrogen-bond donors (Lipinski definition) is 2. The zero-order valence-electron chi connectivity index (χ0n) is 18.2. The van der Waals surface area contributed by atoms with Gasteiger partial charge in [0, 0.05) is 30.5 Å². The van der Waals surface area contributed by atoms with Gasteiger partial charge in [0.25, 0.3) is 0 Å². The van der Waals surface area contributed by atoms with E-state index in [2.05, 4.69) is 73.0 Å². The summed E-state index contributed by atoms with van der Waals surface area (Å²) in [5, 5.41) is 2.62. The summed E-state index contributed by atoms with van der Waals surface area (Å²) in [5.41, 5.74) is 2.95. The lowest BCUT2D eigenvalue weighted by Gasteiger charge is -2.13. The summed E-state index contributed by atoms with van der Waals surface area (Å²) in [6.07, 6.45) is -4.88. The third-order valence-corrected chi connectivity index (χ3v) is 5.27. The Morgan fingerprint density at radius 1 is 0.649 bits per heavy atom. The standard InChI is InChI=1S/C11H7BrF3N3.C6H5F3N2.C5H3Br2N/c12-9-2-1-3-10(18-9)17-8-4-5-16-6-7(8)11(13,14)15;7-6(8,9)4-3-11-2-1-5(4)10;6-4-2-1-3-5(7)8-4/h1-6H,(H,16,17,18);1-3H,(H2,10,11);1-3H. The van der Waals surface area contributed by atoms with Crippen LogP contribution in [0.5, 0.6) is 0 Å². The van der Waals surface area contributed by atoms with Crippen LogP contribution in [0.25, 0.3) is 0 Å². The predicted molar refractivity (Wildman–Crippen MR) is 138 cm³/mol. The van der Waals surface area contributed by atoms with Gasteiger partial charge in [-0.15, -0.1) is 0 Å². The number of nitrogens with one attached hydrogen (secondary N) is 1. The summed E-state index contributed by atoms with van der Waals surface area (Å²) in [7, 11) is 0. The average molecular weight is 717 g/mol. The molecule has 0 aromatic carbocycles. The van der Waals surface area contributed by atoms with Crippen LogP contribution in [0.2, 0.25) is 0 Å². The van der Waals surface area contributed by atoms with Crippen molar-refractivity contribution in [2.24, 2.45) is 0 Å². The second-order valence-electron chi connectivity index (χ2n) is 6.63. The second kappa shape index (κ2) is 13.7. The fourth-order valence-electron chi connectivity index (χ4n) is 2.37. The Kier molecular flexibility index (Phi) is 11.3. The molecule has 196 valence electrons. The molecule has 0 fully saturated rings. The molecular formula is C22H15Br3F6N6. The van der Waals surface area contributed by atoms with Gasteiger partial charge in [0.15, 0.2) is 0 Å². The van der Waals surface area contributed by atoms with Crippen LogP contribution in [0.1, 0.15) is 11.1 Å². The van der Waals surface area contributed by atoms with E-state index in [0.29, 0.717) is 16.6 Å². The van der Waals surface area contributed by atoms with E-state index in [9.17, 15) is 26.3 Å². The number of rotatable bonds is 2. The Labute approximate surface area is 232 Å². The number of aromatic nitrogens is 4. The number of halogens is 9. The fourth-order valence-corrected chi connectivity index (χ4v) is 3.64. The molecule has 3 N–H and O–H groups in total. The smallest absolute Gasteiger partial charge is 0.398 e. The van der Waals surface area contributed by atoms with Crippen LogP contribution in [0.3, 0.4) is 0 Å². The van der Waals surface area contributed by atoms with Crippen LogP contribution >= 0.6 is 47.8 Å². The van der Waals surface area contributed by atoms with Crippen LogP contribution < -0.4 is 11.1 Å². The number of nitrogen functional groups attached to an aromatic ring is 1. The summed E-state index contributed by atoms with van der Waals surface area (Å²) in [5.74, 6) is 0.320. The first-order valence-electron chi connectivity index (χ1n) is 9.73. The minimum atomic E-state index is -4.46. The molecule has 0 spiro atoms. The minimum Gasteiger partial charge on any atom is -0.398 e. The molecule has 0 saturated carbocycles. The van der Waals surface area contributed by atoms with E-state index in [4.69, 9.17) is 5.73 Å². The van der Waals surface area contributed by atoms with Crippen molar-refractivity contribution in [3.05, 3.63) is 98.3 Å². The Bertz CT molecular complexity index is 1290. The summed E-state index contributed by atoms with van der Waals surface area (Å²) < 4.78 is 76.2. The highest BCUT2D eigenvalue weighted by atomic mass is 79.9. The van der Waals surface area contributed by atoms with Gasteiger partial charge in [-0.1, -0.05) is 12.1 Å². The quantitative estimate of drug-likeness (QED) is 0.160. The largest absolute Gasteiger partial charge is 0.419 e. The summed E-state index contributed by atoms with van der Waals surface area (Å²) in [4.78, 5) is 14.8. The fraction of sp³-hybridized carbons (Fsp3) is 0.0909. The maximum absolute atomic E-state index is 12.7. The van der Waals surface area contributed by atoms with Crippen LogP contribution in [0.15, 0.2) is 87.1 Å². The Morgan fingerprint density at radius 2 is 1.14 bits per heavy atom. The van der Waals surface area contributed by atoms with Crippen molar-refractivity contribution in [2.75, 3.05) is 11.1 Å². The lowest BCUT2D eigenvalue weighted by Crippen LogP contribution is -2.09. The molecule has 0 saturated heterocycles. The summed E-state index contributed by atoms with van der Waals surface area (Å²) in [6.45, 7) is 0. The number of anilines is 3. The third-order valence-electron chi connectivity index (χ3n) is 3.95. The Balaban J connectivity index is 0.000000215. The van der Waals surface area contributed by atoms with Crippen molar-refractivity contribution in [2.45, 2.75) is 12.4 Å². The highest BCUT2D eigenvalue weighted by Crippen LogP contribution is 2.35. The first-order chi connectivity index (χ1) is 17.3. The van der Waals surface area contributed by atoms with Crippen molar-refractivity contribution in [3.8, 4) is 0 Å². The van der Waals surface area contributed by atoms with Gasteiger partial charge < -0.3 is 11.1 Å². The molecule has 37 heavy (non-hydrogen) atoms. The van der Waals surface area contributed by atoms with Gasteiger partial charge in [-0.25, -0.2) is 9.97 Å². The lowest BCUT2D eigenvalue weighted by molar-refractivity contribution is -0.138. The zero-order chi connectivity index (χ0) is 27.6. The van der Waals surface area contributed by atoms with Gasteiger partial charge in [0.05, 0.1) is 16.8 Å². The van der Waals surface area contributed by atoms with Crippen LogP contribution in [-0.2, 0) is 12.4 Å². The SMILES string of the molecule is Brc1cccc(Br)n1.FC(F)(F)c1cnccc1Nc1cccc(Br)n1.Nc1ccncc1C(F)(F)F. The molecule has 0 aliphatic rings. The van der Waals surface area contributed by atoms with E-state index in [1.807, 2.05) is 18.2 Å². The molecule has 0 atom stereocenters. The molecule has 4 heterocycles. The molecule has 0 unspecified atom stereocenters. The van der Waals surface area contributed by atoms with Gasteiger partial charge in [-0.2, -0.15) is 26.3 Å². The van der Waals surface area contributed by atoms with Gasteiger partial charge in [-0.05, 0) is 84.2 Å². The number of nitrogens with two attached hydrogens (primary N) is 1. The maximum atomic E-state index is 12.7. The van der Waals surface area contributed by atoms with Crippen LogP contribution in [-0.4, -0.2) is 19.9 Å². The average Bonchev–Trinajstić information content (AvgIpc) is 2.79. The van der Waals surface area contributed by atoms with E-state index < -0.39 is 23.5 Å². The second-order valence-corrected chi connectivity index (χ2v) is 9.07. The summed E-state index contributed by atoms with van der Waals surface area (Å²) >= 11 is 9.59. The molecule has 6 nitrogen and oxygen atoms in total. The molecule has 0 amide bonds. The molecule has 0 aliphatic carbocycles. The van der Waals surface area contributed by atoms with E-state index in [-0.39, 0.29) is 11.4 Å². The van der Waals surface area contributed by atoms with Gasteiger partial charge >= 0.3 is 12.4 Å². The number of hydrogen-bond acceptors (Lipinski definition) is 6. The van der Waals surface area contributed by atoms with E-state index in [0.717, 1.165) is 21.5 Å². The Hall–Kier alpha value is -2.78. The van der Waals surface area contributed by atoms with Crippen molar-refractivity contribution in [1.29, 1.82) is 0 Å². The topological polar surface area (TPSA) is 89.6 Å². The molecule has 4 rings (SSSR count). The monoisotopic (exact) mass is 714 g/mol. The van der Waals surface area contributed by atoms with Crippen molar-refractivity contribution in [3.63, 3.8) is 0 Å². The molecule has 0 aliphatic heterocycles. The van der Waals surface area contributed by atoms with Crippen LogP contribution in [0.4, 0.5) is 43.5 Å². The Morgan fingerprint density at radius 3 is 1.57 bits per heavy atom. The molecule has 4 aromatic heterocycles. The predicted octanol–water partition coefficient (Wildman–Crippen LogP) is 8.29. The molecule has 15 heteroatoms. The highest BCUT2D eigenvalue weighted by molar-refractivity contribution is 9.11. The first kappa shape index (κ1) is 30.4. The van der Waals surface area contributed by atoms with Crippen LogP contribution in [0, 0.1) is 0 Å². The molecule has 0 bridgehead atoms. The van der Waals surface area contributed by atoms with E-state index >= 15 is 0 Å².